The average molecular weight is 337 g/mol. The number of rotatable bonds is 10. The van der Waals surface area contributed by atoms with Gasteiger partial charge in [-0.05, 0) is 19.8 Å². The van der Waals surface area contributed by atoms with Gasteiger partial charge in [-0.3, -0.25) is 4.79 Å². The number of nitrogens with zero attached hydrogens (tertiary/aromatic N) is 2. The predicted molar refractivity (Wildman–Crippen MR) is 96.0 cm³/mol. The quantitative estimate of drug-likeness (QED) is 0.447. The van der Waals surface area contributed by atoms with Crippen LogP contribution in [0.2, 0.25) is 0 Å². The van der Waals surface area contributed by atoms with Crippen LogP contribution in [0.3, 0.4) is 0 Å². The molecule has 7 heteroatoms. The normalized spacial score (nSPS) is 11.4. The van der Waals surface area contributed by atoms with E-state index < -0.39 is 0 Å². The maximum absolute atomic E-state index is 11.6. The lowest BCUT2D eigenvalue weighted by atomic mass is 10.1. The van der Waals surface area contributed by atoms with Gasteiger partial charge in [0.05, 0.1) is 12.2 Å². The zero-order valence-electron chi connectivity index (χ0n) is 15.4. The van der Waals surface area contributed by atoms with Gasteiger partial charge in [0.25, 0.3) is 0 Å². The molecular formula is C17H31N5O2. The molecule has 0 aliphatic rings. The van der Waals surface area contributed by atoms with Gasteiger partial charge < -0.3 is 20.5 Å². The van der Waals surface area contributed by atoms with E-state index in [1.54, 1.807) is 0 Å². The summed E-state index contributed by atoms with van der Waals surface area (Å²) < 4.78 is 5.37. The molecule has 0 spiro atoms. The van der Waals surface area contributed by atoms with Crippen LogP contribution >= 0.6 is 0 Å². The number of carbonyl (C=O) groups is 1. The second-order valence-electron chi connectivity index (χ2n) is 5.46. The molecule has 24 heavy (non-hydrogen) atoms. The van der Waals surface area contributed by atoms with Crippen molar-refractivity contribution in [1.82, 2.24) is 21.1 Å². The van der Waals surface area contributed by atoms with Gasteiger partial charge in [-0.25, -0.2) is 4.99 Å². The molecule has 1 heterocycles. The fraction of sp³-hybridized carbons (Fsp3) is 0.706. The molecule has 1 rings (SSSR count). The highest BCUT2D eigenvalue weighted by atomic mass is 16.5. The van der Waals surface area contributed by atoms with Crippen molar-refractivity contribution < 1.29 is 9.32 Å². The first-order valence-electron chi connectivity index (χ1n) is 8.91. The highest BCUT2D eigenvalue weighted by molar-refractivity contribution is 5.81. The molecule has 0 fully saturated rings. The first-order valence-corrected chi connectivity index (χ1v) is 8.91. The fourth-order valence-corrected chi connectivity index (χ4v) is 2.26. The molecule has 0 saturated carbocycles. The molecule has 7 nitrogen and oxygen atoms in total. The van der Waals surface area contributed by atoms with Gasteiger partial charge in [-0.1, -0.05) is 25.9 Å². The first-order chi connectivity index (χ1) is 11.7. The fourth-order valence-electron chi connectivity index (χ4n) is 2.26. The van der Waals surface area contributed by atoms with Crippen molar-refractivity contribution in [3.05, 3.63) is 17.0 Å². The van der Waals surface area contributed by atoms with Gasteiger partial charge in [0.15, 0.2) is 5.96 Å². The Bertz CT molecular complexity index is 504. The summed E-state index contributed by atoms with van der Waals surface area (Å²) in [5.41, 5.74) is 2.03. The molecule has 0 unspecified atom stereocenters. The smallest absolute Gasteiger partial charge is 0.221 e. The minimum Gasteiger partial charge on any atom is -0.361 e. The van der Waals surface area contributed by atoms with Crippen LogP contribution in [0.5, 0.6) is 0 Å². The number of aromatic nitrogens is 1. The molecule has 1 aromatic heterocycles. The molecule has 1 aromatic rings. The van der Waals surface area contributed by atoms with Crippen LogP contribution in [-0.4, -0.2) is 36.7 Å². The Morgan fingerprint density at radius 2 is 1.88 bits per heavy atom. The van der Waals surface area contributed by atoms with Crippen molar-refractivity contribution in [1.29, 1.82) is 0 Å². The summed E-state index contributed by atoms with van der Waals surface area (Å²) >= 11 is 0. The highest BCUT2D eigenvalue weighted by Gasteiger charge is 2.13. The Morgan fingerprint density at radius 1 is 1.08 bits per heavy atom. The minimum absolute atomic E-state index is 0.0563. The number of aryl methyl sites for hydroxylation is 2. The molecule has 0 atom stereocenters. The van der Waals surface area contributed by atoms with Gasteiger partial charge >= 0.3 is 0 Å². The SMILES string of the molecule is CCCNC(=O)CCNC(=NCc1c(CC)noc1CC)NCC. The Hall–Kier alpha value is -2.05. The number of carbonyl (C=O) groups excluding carboxylic acids is 1. The van der Waals surface area contributed by atoms with Crippen LogP contribution in [0.25, 0.3) is 0 Å². The molecule has 0 aliphatic carbocycles. The van der Waals surface area contributed by atoms with Gasteiger partial charge in [0.1, 0.15) is 5.76 Å². The van der Waals surface area contributed by atoms with E-state index in [4.69, 9.17) is 4.52 Å². The summed E-state index contributed by atoms with van der Waals surface area (Å²) in [5.74, 6) is 1.65. The Kier molecular flexibility index (Phi) is 9.56. The highest BCUT2D eigenvalue weighted by Crippen LogP contribution is 2.16. The number of amides is 1. The maximum Gasteiger partial charge on any atom is 0.221 e. The van der Waals surface area contributed by atoms with E-state index in [1.165, 1.54) is 0 Å². The summed E-state index contributed by atoms with van der Waals surface area (Å²) in [6.07, 6.45) is 3.01. The van der Waals surface area contributed by atoms with E-state index in [-0.39, 0.29) is 5.91 Å². The third-order valence-electron chi connectivity index (χ3n) is 3.56. The molecule has 0 bridgehead atoms. The van der Waals surface area contributed by atoms with Gasteiger partial charge in [0, 0.05) is 38.0 Å². The van der Waals surface area contributed by atoms with Gasteiger partial charge in [0.2, 0.25) is 5.91 Å². The maximum atomic E-state index is 11.6. The summed E-state index contributed by atoms with van der Waals surface area (Å²) in [7, 11) is 0. The monoisotopic (exact) mass is 337 g/mol. The molecule has 1 amide bonds. The number of nitrogens with one attached hydrogen (secondary N) is 3. The van der Waals surface area contributed by atoms with Crippen LogP contribution in [-0.2, 0) is 24.2 Å². The third kappa shape index (κ3) is 6.60. The van der Waals surface area contributed by atoms with Crippen molar-refractivity contribution in [2.75, 3.05) is 19.6 Å². The minimum atomic E-state index is 0.0563. The number of guanidine groups is 1. The van der Waals surface area contributed by atoms with E-state index in [2.05, 4.69) is 33.0 Å². The molecule has 0 aromatic carbocycles. The molecule has 0 saturated heterocycles. The standard InChI is InChI=1S/C17H31N5O2/c1-5-10-19-16(23)9-11-20-17(18-8-4)21-12-13-14(6-2)22-24-15(13)7-3/h5-12H2,1-4H3,(H,19,23)(H2,18,20,21). The van der Waals surface area contributed by atoms with E-state index in [9.17, 15) is 4.79 Å². The van der Waals surface area contributed by atoms with E-state index >= 15 is 0 Å². The number of hydrogen-bond acceptors (Lipinski definition) is 4. The second kappa shape index (κ2) is 11.5. The van der Waals surface area contributed by atoms with E-state index in [0.717, 1.165) is 49.4 Å². The third-order valence-corrected chi connectivity index (χ3v) is 3.56. The summed E-state index contributed by atoms with van der Waals surface area (Å²) in [6, 6.07) is 0. The summed E-state index contributed by atoms with van der Waals surface area (Å²) in [6.45, 7) is 10.7. The lowest BCUT2D eigenvalue weighted by Crippen LogP contribution is -2.39. The number of aliphatic imine (C=N–C) groups is 1. The van der Waals surface area contributed by atoms with Gasteiger partial charge in [-0.2, -0.15) is 0 Å². The lowest BCUT2D eigenvalue weighted by Gasteiger charge is -2.11. The van der Waals surface area contributed by atoms with E-state index in [0.29, 0.717) is 25.5 Å². The van der Waals surface area contributed by atoms with Crippen molar-refractivity contribution in [2.24, 2.45) is 4.99 Å². The van der Waals surface area contributed by atoms with Crippen molar-refractivity contribution in [2.45, 2.75) is 59.9 Å². The molecule has 3 N–H and O–H groups in total. The molecular weight excluding hydrogens is 306 g/mol. The van der Waals surface area contributed by atoms with Crippen molar-refractivity contribution in [3.63, 3.8) is 0 Å². The van der Waals surface area contributed by atoms with Crippen LogP contribution < -0.4 is 16.0 Å². The largest absolute Gasteiger partial charge is 0.361 e. The van der Waals surface area contributed by atoms with Crippen molar-refractivity contribution in [3.8, 4) is 0 Å². The number of hydrogen-bond donors (Lipinski definition) is 3. The lowest BCUT2D eigenvalue weighted by molar-refractivity contribution is -0.120. The second-order valence-corrected chi connectivity index (χ2v) is 5.46. The topological polar surface area (TPSA) is 91.5 Å². The summed E-state index contributed by atoms with van der Waals surface area (Å²) in [4.78, 5) is 16.2. The Morgan fingerprint density at radius 3 is 2.50 bits per heavy atom. The van der Waals surface area contributed by atoms with Crippen molar-refractivity contribution >= 4 is 11.9 Å². The van der Waals surface area contributed by atoms with Crippen LogP contribution in [0, 0.1) is 0 Å². The predicted octanol–water partition coefficient (Wildman–Crippen LogP) is 1.77. The summed E-state index contributed by atoms with van der Waals surface area (Å²) in [5, 5.41) is 13.4. The molecule has 0 aliphatic heterocycles. The Labute approximate surface area is 144 Å². The average Bonchev–Trinajstić information content (AvgIpc) is 2.99. The van der Waals surface area contributed by atoms with Crippen LogP contribution in [0.15, 0.2) is 9.52 Å². The zero-order chi connectivity index (χ0) is 17.8. The van der Waals surface area contributed by atoms with E-state index in [1.807, 2.05) is 20.8 Å². The Balaban J connectivity index is 2.59. The van der Waals surface area contributed by atoms with Crippen LogP contribution in [0.1, 0.15) is 57.6 Å². The van der Waals surface area contributed by atoms with Gasteiger partial charge in [-0.15, -0.1) is 0 Å². The zero-order valence-corrected chi connectivity index (χ0v) is 15.4. The first kappa shape index (κ1) is 20.0. The molecule has 136 valence electrons. The van der Waals surface area contributed by atoms with Crippen LogP contribution in [0.4, 0.5) is 0 Å². The molecule has 0 radical (unpaired) electrons.